The van der Waals surface area contributed by atoms with Crippen LogP contribution in [0.3, 0.4) is 0 Å². The summed E-state index contributed by atoms with van der Waals surface area (Å²) >= 11 is 0. The van der Waals surface area contributed by atoms with Gasteiger partial charge in [-0.05, 0) is 12.3 Å². The molecule has 0 bridgehead atoms. The minimum absolute atomic E-state index is 0. The number of rotatable bonds is 6. The molecule has 0 aliphatic rings. The van der Waals surface area contributed by atoms with Crippen LogP contribution >= 0.6 is 12.4 Å². The Hall–Kier alpha value is -0.810. The Balaban J connectivity index is 0. The third kappa shape index (κ3) is 8.38. The topological polar surface area (TPSA) is 75.4 Å². The number of nitrogens with zero attached hydrogens (tertiary/aromatic N) is 1. The number of likely N-dealkylation sites (N-methyl/N-ethyl adjacent to an activating group) is 1. The predicted octanol–water partition coefficient (Wildman–Crippen LogP) is 1.40. The van der Waals surface area contributed by atoms with E-state index in [-0.39, 0.29) is 36.8 Å². The van der Waals surface area contributed by atoms with Crippen molar-refractivity contribution in [3.8, 4) is 0 Å². The highest BCUT2D eigenvalue weighted by atomic mass is 35.5. The van der Waals surface area contributed by atoms with E-state index < -0.39 is 5.41 Å². The summed E-state index contributed by atoms with van der Waals surface area (Å²) in [6.07, 6.45) is 0.771. The van der Waals surface area contributed by atoms with E-state index in [4.69, 9.17) is 5.73 Å². The highest BCUT2D eigenvalue weighted by Crippen LogP contribution is 2.12. The molecule has 5 nitrogen and oxygen atoms in total. The second-order valence-electron chi connectivity index (χ2n) is 6.44. The van der Waals surface area contributed by atoms with Crippen LogP contribution in [0.2, 0.25) is 0 Å². The van der Waals surface area contributed by atoms with Gasteiger partial charge in [-0.2, -0.15) is 0 Å². The average molecular weight is 308 g/mol. The molecule has 0 radical (unpaired) electrons. The van der Waals surface area contributed by atoms with E-state index in [1.54, 1.807) is 11.9 Å². The molecule has 0 aromatic rings. The fraction of sp³-hybridized carbons (Fsp3) is 0.857. The van der Waals surface area contributed by atoms with Crippen LogP contribution in [-0.2, 0) is 9.59 Å². The molecular formula is C14H30ClN3O2. The first-order valence-corrected chi connectivity index (χ1v) is 6.83. The first kappa shape index (κ1) is 21.5. The van der Waals surface area contributed by atoms with Gasteiger partial charge < -0.3 is 16.0 Å². The van der Waals surface area contributed by atoms with E-state index in [1.807, 2.05) is 20.8 Å². The molecule has 0 rings (SSSR count). The molecule has 1 atom stereocenters. The number of amides is 2. The molecule has 0 fully saturated rings. The lowest BCUT2D eigenvalue weighted by Crippen LogP contribution is -2.43. The number of hydrogen-bond acceptors (Lipinski definition) is 3. The number of nitrogens with two attached hydrogens (primary N) is 1. The molecule has 0 aliphatic carbocycles. The summed E-state index contributed by atoms with van der Waals surface area (Å²) in [7, 11) is 1.73. The Morgan fingerprint density at radius 2 is 1.75 bits per heavy atom. The van der Waals surface area contributed by atoms with E-state index in [1.165, 1.54) is 0 Å². The summed E-state index contributed by atoms with van der Waals surface area (Å²) in [5.41, 5.74) is 5.46. The fourth-order valence-electron chi connectivity index (χ4n) is 1.36. The van der Waals surface area contributed by atoms with Gasteiger partial charge >= 0.3 is 0 Å². The van der Waals surface area contributed by atoms with Gasteiger partial charge in [-0.1, -0.05) is 34.6 Å². The Labute approximate surface area is 129 Å². The number of halogens is 1. The van der Waals surface area contributed by atoms with E-state index in [0.29, 0.717) is 12.5 Å². The zero-order chi connectivity index (χ0) is 15.2. The number of hydrogen-bond donors (Lipinski definition) is 2. The van der Waals surface area contributed by atoms with Crippen molar-refractivity contribution in [1.29, 1.82) is 0 Å². The van der Waals surface area contributed by atoms with Crippen LogP contribution in [0.25, 0.3) is 0 Å². The quantitative estimate of drug-likeness (QED) is 0.779. The molecule has 3 N–H and O–H groups in total. The average Bonchev–Trinajstić information content (AvgIpc) is 2.30. The van der Waals surface area contributed by atoms with Crippen molar-refractivity contribution in [3.05, 3.63) is 0 Å². The second kappa shape index (κ2) is 9.19. The van der Waals surface area contributed by atoms with Gasteiger partial charge in [0.05, 0.1) is 6.54 Å². The maximum absolute atomic E-state index is 11.8. The smallest absolute Gasteiger partial charge is 0.241 e. The summed E-state index contributed by atoms with van der Waals surface area (Å²) < 4.78 is 0. The summed E-state index contributed by atoms with van der Waals surface area (Å²) in [5, 5.41) is 2.65. The van der Waals surface area contributed by atoms with Gasteiger partial charge in [-0.15, -0.1) is 12.4 Å². The van der Waals surface area contributed by atoms with E-state index in [0.717, 1.165) is 6.42 Å². The van der Waals surface area contributed by atoms with E-state index >= 15 is 0 Å². The summed E-state index contributed by atoms with van der Waals surface area (Å²) in [5.74, 6) is 0.200. The van der Waals surface area contributed by atoms with Crippen molar-refractivity contribution in [2.75, 3.05) is 20.1 Å². The zero-order valence-electron chi connectivity index (χ0n) is 13.5. The molecule has 0 aromatic heterocycles. The number of nitrogens with one attached hydrogen (secondary N) is 1. The summed E-state index contributed by atoms with van der Waals surface area (Å²) in [6, 6.07) is 0.0967. The van der Waals surface area contributed by atoms with Crippen molar-refractivity contribution in [1.82, 2.24) is 10.2 Å². The largest absolute Gasteiger partial charge is 0.347 e. The van der Waals surface area contributed by atoms with Gasteiger partial charge in [-0.25, -0.2) is 0 Å². The Kier molecular flexibility index (Phi) is 9.87. The van der Waals surface area contributed by atoms with Gasteiger partial charge in [0.2, 0.25) is 11.8 Å². The van der Waals surface area contributed by atoms with Crippen molar-refractivity contribution in [2.45, 2.75) is 47.1 Å². The first-order valence-electron chi connectivity index (χ1n) is 6.83. The molecule has 120 valence electrons. The maximum atomic E-state index is 11.8. The molecular weight excluding hydrogens is 278 g/mol. The monoisotopic (exact) mass is 307 g/mol. The highest BCUT2D eigenvalue weighted by molar-refractivity contribution is 5.87. The SMILES string of the molecule is CC(C)C(N)CCN(C)C(=O)CNC(=O)C(C)(C)C.Cl. The van der Waals surface area contributed by atoms with Crippen molar-refractivity contribution >= 4 is 24.2 Å². The Bertz CT molecular complexity index is 314. The lowest BCUT2D eigenvalue weighted by Gasteiger charge is -2.23. The Morgan fingerprint density at radius 1 is 1.25 bits per heavy atom. The highest BCUT2D eigenvalue weighted by Gasteiger charge is 2.22. The minimum Gasteiger partial charge on any atom is -0.347 e. The van der Waals surface area contributed by atoms with Gasteiger partial charge in [0.25, 0.3) is 0 Å². The number of carbonyl (C=O) groups is 2. The molecule has 0 aromatic carbocycles. The first-order chi connectivity index (χ1) is 8.55. The Morgan fingerprint density at radius 3 is 2.15 bits per heavy atom. The van der Waals surface area contributed by atoms with Gasteiger partial charge in [-0.3, -0.25) is 9.59 Å². The second-order valence-corrected chi connectivity index (χ2v) is 6.44. The molecule has 0 saturated carbocycles. The molecule has 6 heteroatoms. The van der Waals surface area contributed by atoms with Crippen molar-refractivity contribution in [2.24, 2.45) is 17.1 Å². The molecule has 0 spiro atoms. The third-order valence-electron chi connectivity index (χ3n) is 3.16. The molecule has 0 saturated heterocycles. The number of carbonyl (C=O) groups excluding carboxylic acids is 2. The van der Waals surface area contributed by atoms with Crippen LogP contribution in [0.1, 0.15) is 41.0 Å². The summed E-state index contributed by atoms with van der Waals surface area (Å²) in [4.78, 5) is 25.1. The maximum Gasteiger partial charge on any atom is 0.241 e. The standard InChI is InChI=1S/C14H29N3O2.ClH/c1-10(2)11(15)7-8-17(6)12(18)9-16-13(19)14(3,4)5;/h10-11H,7-9,15H2,1-6H3,(H,16,19);1H. The van der Waals surface area contributed by atoms with Crippen molar-refractivity contribution < 1.29 is 9.59 Å². The molecule has 0 heterocycles. The summed E-state index contributed by atoms with van der Waals surface area (Å²) in [6.45, 7) is 10.2. The van der Waals surface area contributed by atoms with Gasteiger partial charge in [0, 0.05) is 25.0 Å². The van der Waals surface area contributed by atoms with E-state index in [9.17, 15) is 9.59 Å². The van der Waals surface area contributed by atoms with Crippen LogP contribution < -0.4 is 11.1 Å². The van der Waals surface area contributed by atoms with E-state index in [2.05, 4.69) is 19.2 Å². The van der Waals surface area contributed by atoms with Crippen LogP contribution in [-0.4, -0.2) is 42.9 Å². The fourth-order valence-corrected chi connectivity index (χ4v) is 1.36. The van der Waals surface area contributed by atoms with Gasteiger partial charge in [0.1, 0.15) is 0 Å². The molecule has 2 amide bonds. The van der Waals surface area contributed by atoms with Crippen LogP contribution in [0, 0.1) is 11.3 Å². The molecule has 20 heavy (non-hydrogen) atoms. The normalized spacial score (nSPS) is 12.6. The lowest BCUT2D eigenvalue weighted by molar-refractivity contribution is -0.134. The molecule has 0 aliphatic heterocycles. The van der Waals surface area contributed by atoms with Gasteiger partial charge in [0.15, 0.2) is 0 Å². The molecule has 1 unspecified atom stereocenters. The third-order valence-corrected chi connectivity index (χ3v) is 3.16. The lowest BCUT2D eigenvalue weighted by atomic mass is 9.96. The van der Waals surface area contributed by atoms with Crippen LogP contribution in [0.15, 0.2) is 0 Å². The predicted molar refractivity (Wildman–Crippen MR) is 84.8 cm³/mol. The van der Waals surface area contributed by atoms with Crippen molar-refractivity contribution in [3.63, 3.8) is 0 Å². The zero-order valence-corrected chi connectivity index (χ0v) is 14.3. The van der Waals surface area contributed by atoms with Crippen LogP contribution in [0.5, 0.6) is 0 Å². The minimum atomic E-state index is -0.473. The van der Waals surface area contributed by atoms with Crippen LogP contribution in [0.4, 0.5) is 0 Å².